The van der Waals surface area contributed by atoms with Crippen molar-refractivity contribution in [1.29, 1.82) is 0 Å². The average Bonchev–Trinajstić information content (AvgIpc) is 3.34. The van der Waals surface area contributed by atoms with Crippen LogP contribution >= 0.6 is 0 Å². The number of nitrogens with zero attached hydrogens (tertiary/aromatic N) is 2. The molecule has 26 heavy (non-hydrogen) atoms. The highest BCUT2D eigenvalue weighted by Gasteiger charge is 2.16. The molecule has 2 aromatic heterocycles. The zero-order valence-corrected chi connectivity index (χ0v) is 14.3. The van der Waals surface area contributed by atoms with Gasteiger partial charge in [0.25, 0.3) is 0 Å². The van der Waals surface area contributed by atoms with E-state index in [1.165, 1.54) is 0 Å². The van der Waals surface area contributed by atoms with Crippen LogP contribution in [-0.4, -0.2) is 34.7 Å². The van der Waals surface area contributed by atoms with E-state index in [1.54, 1.807) is 24.3 Å². The van der Waals surface area contributed by atoms with Gasteiger partial charge in [0.2, 0.25) is 0 Å². The Hall–Kier alpha value is -2.86. The first kappa shape index (κ1) is 16.6. The lowest BCUT2D eigenvalue weighted by molar-refractivity contribution is 0.0468. The Balaban J connectivity index is 1.31. The molecule has 1 atom stereocenters. The van der Waals surface area contributed by atoms with Crippen molar-refractivity contribution in [3.05, 3.63) is 66.1 Å². The number of ether oxygens (including phenoxy) is 3. The number of carbonyl (C=O) groups excluding carboxylic acids is 1. The van der Waals surface area contributed by atoms with Crippen molar-refractivity contribution in [3.63, 3.8) is 0 Å². The molecular formula is C20H20N2O4. The molecule has 1 aromatic carbocycles. The number of imidazole rings is 1. The fourth-order valence-electron chi connectivity index (χ4n) is 2.93. The van der Waals surface area contributed by atoms with Gasteiger partial charge in [0.15, 0.2) is 0 Å². The van der Waals surface area contributed by atoms with Gasteiger partial charge in [0.1, 0.15) is 24.6 Å². The largest absolute Gasteiger partial charge is 0.491 e. The topological polar surface area (TPSA) is 62.1 Å². The molecule has 0 saturated carbocycles. The Morgan fingerprint density at radius 1 is 1.23 bits per heavy atom. The predicted octanol–water partition coefficient (Wildman–Crippen LogP) is 3.25. The number of esters is 1. The summed E-state index contributed by atoms with van der Waals surface area (Å²) in [6.45, 7) is 1.49. The monoisotopic (exact) mass is 352 g/mol. The Kier molecular flexibility index (Phi) is 4.84. The molecule has 0 amide bonds. The molecular weight excluding hydrogens is 332 g/mol. The third-order valence-corrected chi connectivity index (χ3v) is 4.31. The molecule has 4 rings (SSSR count). The van der Waals surface area contributed by atoms with Gasteiger partial charge in [-0.15, -0.1) is 0 Å². The maximum Gasteiger partial charge on any atom is 0.338 e. The molecule has 1 aliphatic rings. The highest BCUT2D eigenvalue weighted by atomic mass is 16.5. The quantitative estimate of drug-likeness (QED) is 0.637. The molecule has 1 aliphatic heterocycles. The third-order valence-electron chi connectivity index (χ3n) is 4.31. The van der Waals surface area contributed by atoms with Gasteiger partial charge in [-0.1, -0.05) is 6.07 Å². The van der Waals surface area contributed by atoms with Gasteiger partial charge in [-0.25, -0.2) is 9.78 Å². The minimum Gasteiger partial charge on any atom is -0.491 e. The summed E-state index contributed by atoms with van der Waals surface area (Å²) in [5.74, 6) is 0.338. The number of hydrogen-bond acceptors (Lipinski definition) is 5. The van der Waals surface area contributed by atoms with Crippen molar-refractivity contribution in [1.82, 2.24) is 9.38 Å². The normalized spacial score (nSPS) is 16.7. The molecule has 0 N–H and O–H groups in total. The molecule has 0 radical (unpaired) electrons. The molecule has 6 heteroatoms. The summed E-state index contributed by atoms with van der Waals surface area (Å²) in [5, 5.41) is 0. The SMILES string of the molecule is O=C(OCc1cn2ccccc2n1)c1ccc(OC[C@@H]2CCCO2)cc1. The van der Waals surface area contributed by atoms with Crippen LogP contribution in [-0.2, 0) is 16.1 Å². The van der Waals surface area contributed by atoms with E-state index < -0.39 is 0 Å². The van der Waals surface area contributed by atoms with E-state index >= 15 is 0 Å². The van der Waals surface area contributed by atoms with Gasteiger partial charge < -0.3 is 18.6 Å². The minimum atomic E-state index is -0.382. The van der Waals surface area contributed by atoms with Crippen LogP contribution in [0.25, 0.3) is 5.65 Å². The Morgan fingerprint density at radius 2 is 2.12 bits per heavy atom. The van der Waals surface area contributed by atoms with E-state index in [1.807, 2.05) is 35.0 Å². The van der Waals surface area contributed by atoms with Crippen LogP contribution in [0.15, 0.2) is 54.9 Å². The molecule has 0 spiro atoms. The molecule has 6 nitrogen and oxygen atoms in total. The van der Waals surface area contributed by atoms with E-state index in [0.29, 0.717) is 17.9 Å². The van der Waals surface area contributed by atoms with Crippen molar-refractivity contribution >= 4 is 11.6 Å². The van der Waals surface area contributed by atoms with Crippen molar-refractivity contribution in [2.75, 3.05) is 13.2 Å². The standard InChI is InChI=1S/C20H20N2O4/c23-20(26-13-16-12-22-10-2-1-5-19(22)21-16)15-6-8-17(9-7-15)25-14-18-4-3-11-24-18/h1-2,5-10,12,18H,3-4,11,13-14H2/t18-/m0/s1. The summed E-state index contributed by atoms with van der Waals surface area (Å²) in [4.78, 5) is 16.6. The molecule has 0 unspecified atom stereocenters. The average molecular weight is 352 g/mol. The van der Waals surface area contributed by atoms with Crippen molar-refractivity contribution < 1.29 is 19.0 Å². The van der Waals surface area contributed by atoms with E-state index in [0.717, 1.165) is 30.8 Å². The molecule has 1 saturated heterocycles. The van der Waals surface area contributed by atoms with Crippen LogP contribution in [0.4, 0.5) is 0 Å². The van der Waals surface area contributed by atoms with Gasteiger partial charge in [0.05, 0.1) is 17.4 Å². The molecule has 3 heterocycles. The van der Waals surface area contributed by atoms with Crippen LogP contribution in [0, 0.1) is 0 Å². The highest BCUT2D eigenvalue weighted by molar-refractivity contribution is 5.89. The van der Waals surface area contributed by atoms with E-state index in [4.69, 9.17) is 14.2 Å². The molecule has 0 aliphatic carbocycles. The minimum absolute atomic E-state index is 0.137. The van der Waals surface area contributed by atoms with Crippen LogP contribution in [0.1, 0.15) is 28.9 Å². The summed E-state index contributed by atoms with van der Waals surface area (Å²) in [5.41, 5.74) is 2.02. The number of rotatable bonds is 6. The zero-order valence-electron chi connectivity index (χ0n) is 14.3. The Morgan fingerprint density at radius 3 is 2.88 bits per heavy atom. The second-order valence-electron chi connectivity index (χ2n) is 6.24. The molecule has 3 aromatic rings. The lowest BCUT2D eigenvalue weighted by Crippen LogP contribution is -2.16. The zero-order chi connectivity index (χ0) is 17.8. The van der Waals surface area contributed by atoms with Crippen LogP contribution in [0.5, 0.6) is 5.75 Å². The summed E-state index contributed by atoms with van der Waals surface area (Å²) in [7, 11) is 0. The van der Waals surface area contributed by atoms with E-state index in [9.17, 15) is 4.79 Å². The fraction of sp³-hybridized carbons (Fsp3) is 0.300. The summed E-state index contributed by atoms with van der Waals surface area (Å²) in [6, 6.07) is 12.7. The fourth-order valence-corrected chi connectivity index (χ4v) is 2.93. The van der Waals surface area contributed by atoms with Gasteiger partial charge >= 0.3 is 5.97 Å². The number of fused-ring (bicyclic) bond motifs is 1. The highest BCUT2D eigenvalue weighted by Crippen LogP contribution is 2.17. The second kappa shape index (κ2) is 7.58. The van der Waals surface area contributed by atoms with Gasteiger partial charge in [-0.2, -0.15) is 0 Å². The smallest absolute Gasteiger partial charge is 0.338 e. The van der Waals surface area contributed by atoms with E-state index in [-0.39, 0.29) is 18.7 Å². The lowest BCUT2D eigenvalue weighted by atomic mass is 10.2. The van der Waals surface area contributed by atoms with Crippen LogP contribution < -0.4 is 4.74 Å². The predicted molar refractivity (Wildman–Crippen MR) is 95.2 cm³/mol. The number of benzene rings is 1. The van der Waals surface area contributed by atoms with Crippen molar-refractivity contribution in [2.24, 2.45) is 0 Å². The van der Waals surface area contributed by atoms with Gasteiger partial charge in [-0.3, -0.25) is 0 Å². The van der Waals surface area contributed by atoms with Gasteiger partial charge in [-0.05, 0) is 49.2 Å². The van der Waals surface area contributed by atoms with Crippen LogP contribution in [0.2, 0.25) is 0 Å². The van der Waals surface area contributed by atoms with Gasteiger partial charge in [0, 0.05) is 19.0 Å². The molecule has 0 bridgehead atoms. The Bertz CT molecular complexity index is 849. The maximum absolute atomic E-state index is 12.2. The van der Waals surface area contributed by atoms with E-state index in [2.05, 4.69) is 4.98 Å². The molecule has 1 fully saturated rings. The summed E-state index contributed by atoms with van der Waals surface area (Å²) < 4.78 is 18.5. The van der Waals surface area contributed by atoms with Crippen LogP contribution in [0.3, 0.4) is 0 Å². The first-order chi connectivity index (χ1) is 12.8. The van der Waals surface area contributed by atoms with Crippen molar-refractivity contribution in [2.45, 2.75) is 25.6 Å². The maximum atomic E-state index is 12.2. The number of carbonyl (C=O) groups is 1. The summed E-state index contributed by atoms with van der Waals surface area (Å²) in [6.07, 6.45) is 6.05. The number of aromatic nitrogens is 2. The third kappa shape index (κ3) is 3.86. The summed E-state index contributed by atoms with van der Waals surface area (Å²) >= 11 is 0. The lowest BCUT2D eigenvalue weighted by Gasteiger charge is -2.11. The molecule has 134 valence electrons. The number of pyridine rings is 1. The number of hydrogen-bond donors (Lipinski definition) is 0. The first-order valence-electron chi connectivity index (χ1n) is 8.72. The van der Waals surface area contributed by atoms with Crippen molar-refractivity contribution in [3.8, 4) is 5.75 Å². The first-order valence-corrected chi connectivity index (χ1v) is 8.72. The Labute approximate surface area is 151 Å². The second-order valence-corrected chi connectivity index (χ2v) is 6.24.